The van der Waals surface area contributed by atoms with Gasteiger partial charge in [-0.25, -0.2) is 0 Å². The summed E-state index contributed by atoms with van der Waals surface area (Å²) in [5.74, 6) is 0.664. The largest absolute Gasteiger partial charge is 0.489 e. The van der Waals surface area contributed by atoms with Gasteiger partial charge in [-0.1, -0.05) is 78.9 Å². The van der Waals surface area contributed by atoms with Crippen molar-refractivity contribution in [1.82, 2.24) is 4.98 Å². The van der Waals surface area contributed by atoms with Gasteiger partial charge in [-0.05, 0) is 88.7 Å². The van der Waals surface area contributed by atoms with Crippen molar-refractivity contribution >= 4 is 16.9 Å². The number of rotatable bonds is 11. The highest BCUT2D eigenvalue weighted by Gasteiger charge is 2.33. The number of hydrogen-bond donors (Lipinski definition) is 2. The molecular formula is C39H31F3N2O4. The van der Waals surface area contributed by atoms with Crippen molar-refractivity contribution in [3.8, 4) is 28.4 Å². The van der Waals surface area contributed by atoms with Gasteiger partial charge in [-0.3, -0.25) is 9.78 Å². The Labute approximate surface area is 275 Å². The highest BCUT2D eigenvalue weighted by Crippen LogP contribution is 2.40. The average Bonchev–Trinajstić information content (AvgIpc) is 3.08. The molecule has 0 fully saturated rings. The number of para-hydroxylation sites is 1. The van der Waals surface area contributed by atoms with Gasteiger partial charge in [0.15, 0.2) is 0 Å². The molecule has 0 saturated heterocycles. The number of carbonyl (C=O) groups is 1. The maximum absolute atomic E-state index is 14.0. The summed E-state index contributed by atoms with van der Waals surface area (Å²) in [7, 11) is 0. The summed E-state index contributed by atoms with van der Waals surface area (Å²) < 4.78 is 53.9. The number of aromatic nitrogens is 1. The molecule has 6 nitrogen and oxygen atoms in total. The minimum Gasteiger partial charge on any atom is -0.489 e. The van der Waals surface area contributed by atoms with Crippen molar-refractivity contribution in [2.45, 2.75) is 31.7 Å². The molecule has 0 unspecified atom stereocenters. The Morgan fingerprint density at radius 2 is 1.46 bits per heavy atom. The molecule has 1 aromatic heterocycles. The first-order valence-electron chi connectivity index (χ1n) is 15.2. The molecule has 9 heteroatoms. The van der Waals surface area contributed by atoms with Crippen LogP contribution in [0.15, 0.2) is 128 Å². The second-order valence-corrected chi connectivity index (χ2v) is 11.4. The molecule has 0 saturated carbocycles. The van der Waals surface area contributed by atoms with Crippen LogP contribution in [0.3, 0.4) is 0 Å². The minimum absolute atomic E-state index is 0.1000. The van der Waals surface area contributed by atoms with Crippen molar-refractivity contribution in [2.75, 3.05) is 0 Å². The van der Waals surface area contributed by atoms with E-state index in [9.17, 15) is 18.0 Å². The molecule has 0 amide bonds. The normalized spacial score (nSPS) is 12.1. The average molecular weight is 649 g/mol. The van der Waals surface area contributed by atoms with E-state index in [2.05, 4.69) is 4.98 Å². The fourth-order valence-electron chi connectivity index (χ4n) is 5.52. The molecule has 0 aliphatic carbocycles. The number of carboxylic acid groups (broad SMARTS) is 1. The van der Waals surface area contributed by atoms with Crippen LogP contribution in [0.2, 0.25) is 0 Å². The zero-order valence-corrected chi connectivity index (χ0v) is 25.7. The number of carboxylic acids is 1. The first kappa shape index (κ1) is 32.3. The summed E-state index contributed by atoms with van der Waals surface area (Å²) >= 11 is 0. The zero-order chi connectivity index (χ0) is 33.7. The van der Waals surface area contributed by atoms with E-state index in [1.54, 1.807) is 36.4 Å². The van der Waals surface area contributed by atoms with E-state index in [0.29, 0.717) is 46.8 Å². The van der Waals surface area contributed by atoms with E-state index in [4.69, 9.17) is 20.3 Å². The molecule has 242 valence electrons. The summed E-state index contributed by atoms with van der Waals surface area (Å²) in [5, 5.41) is 9.42. The van der Waals surface area contributed by atoms with Crippen molar-refractivity contribution in [2.24, 2.45) is 5.73 Å². The SMILES string of the molecule is N[C@@H](Cc1ccc(COc2ccc(Oc3cccc(-c4c(Cc5ccccc5)cnc5c(C(F)(F)F)cccc45)c3)cc2)cc1)C(=O)O. The van der Waals surface area contributed by atoms with Gasteiger partial charge in [0.1, 0.15) is 29.9 Å². The second-order valence-electron chi connectivity index (χ2n) is 11.4. The lowest BCUT2D eigenvalue weighted by molar-refractivity contribution is -0.138. The number of nitrogens with two attached hydrogens (primary N) is 1. The van der Waals surface area contributed by atoms with E-state index in [1.165, 1.54) is 12.3 Å². The van der Waals surface area contributed by atoms with Crippen molar-refractivity contribution in [1.29, 1.82) is 0 Å². The Morgan fingerprint density at radius 1 is 0.771 bits per heavy atom. The zero-order valence-electron chi connectivity index (χ0n) is 25.7. The van der Waals surface area contributed by atoms with Crippen molar-refractivity contribution in [3.05, 3.63) is 155 Å². The van der Waals surface area contributed by atoms with Gasteiger partial charge in [-0.2, -0.15) is 13.2 Å². The number of hydrogen-bond acceptors (Lipinski definition) is 5. The Hall–Kier alpha value is -5.67. The highest BCUT2D eigenvalue weighted by molar-refractivity contribution is 5.98. The van der Waals surface area contributed by atoms with E-state index in [-0.39, 0.29) is 11.9 Å². The number of pyridine rings is 1. The summed E-state index contributed by atoms with van der Waals surface area (Å²) in [6.45, 7) is 0.314. The van der Waals surface area contributed by atoms with Crippen molar-refractivity contribution in [3.63, 3.8) is 0 Å². The third-order valence-electron chi connectivity index (χ3n) is 7.90. The summed E-state index contributed by atoms with van der Waals surface area (Å²) in [6.07, 6.45) is -2.28. The molecule has 6 aromatic rings. The number of nitrogens with zero attached hydrogens (tertiary/aromatic N) is 1. The van der Waals surface area contributed by atoms with Crippen LogP contribution in [-0.2, 0) is 30.4 Å². The number of aliphatic carboxylic acids is 1. The number of ether oxygens (including phenoxy) is 2. The maximum atomic E-state index is 14.0. The Morgan fingerprint density at radius 3 is 2.17 bits per heavy atom. The predicted molar refractivity (Wildman–Crippen MR) is 178 cm³/mol. The van der Waals surface area contributed by atoms with Crippen LogP contribution in [0.1, 0.15) is 27.8 Å². The van der Waals surface area contributed by atoms with Gasteiger partial charge in [0, 0.05) is 11.6 Å². The lowest BCUT2D eigenvalue weighted by Gasteiger charge is -2.17. The predicted octanol–water partition coefficient (Wildman–Crippen LogP) is 8.84. The minimum atomic E-state index is -4.55. The molecule has 48 heavy (non-hydrogen) atoms. The number of alkyl halides is 3. The highest BCUT2D eigenvalue weighted by atomic mass is 19.4. The monoisotopic (exact) mass is 648 g/mol. The molecule has 0 aliphatic rings. The van der Waals surface area contributed by atoms with Gasteiger partial charge in [0.25, 0.3) is 0 Å². The van der Waals surface area contributed by atoms with Crippen LogP contribution in [-0.4, -0.2) is 22.1 Å². The smallest absolute Gasteiger partial charge is 0.418 e. The number of halogens is 3. The van der Waals surface area contributed by atoms with Gasteiger partial charge < -0.3 is 20.3 Å². The van der Waals surface area contributed by atoms with Crippen LogP contribution in [0.25, 0.3) is 22.0 Å². The third kappa shape index (κ3) is 7.65. The van der Waals surface area contributed by atoms with Gasteiger partial charge in [-0.15, -0.1) is 0 Å². The van der Waals surface area contributed by atoms with Crippen LogP contribution >= 0.6 is 0 Å². The Kier molecular flexibility index (Phi) is 9.40. The van der Waals surface area contributed by atoms with E-state index in [0.717, 1.165) is 28.3 Å². The Bertz CT molecular complexity index is 2030. The third-order valence-corrected chi connectivity index (χ3v) is 7.90. The fraction of sp³-hybridized carbons (Fsp3) is 0.128. The first-order valence-corrected chi connectivity index (χ1v) is 15.2. The van der Waals surface area contributed by atoms with Gasteiger partial charge in [0.2, 0.25) is 0 Å². The number of benzene rings is 5. The van der Waals surface area contributed by atoms with E-state index < -0.39 is 23.8 Å². The first-order chi connectivity index (χ1) is 23.1. The van der Waals surface area contributed by atoms with Crippen LogP contribution in [0.5, 0.6) is 17.2 Å². The molecule has 6 rings (SSSR count). The second kappa shape index (κ2) is 14.0. The summed E-state index contributed by atoms with van der Waals surface area (Å²) in [5.41, 5.74) is 9.67. The number of fused-ring (bicyclic) bond motifs is 1. The fourth-order valence-corrected chi connectivity index (χ4v) is 5.52. The van der Waals surface area contributed by atoms with E-state index in [1.807, 2.05) is 72.8 Å². The molecular weight excluding hydrogens is 617 g/mol. The van der Waals surface area contributed by atoms with Gasteiger partial charge >= 0.3 is 12.1 Å². The maximum Gasteiger partial charge on any atom is 0.418 e. The van der Waals surface area contributed by atoms with Crippen LogP contribution in [0.4, 0.5) is 13.2 Å². The lowest BCUT2D eigenvalue weighted by Crippen LogP contribution is -2.32. The molecule has 0 spiro atoms. The summed E-state index contributed by atoms with van der Waals surface area (Å²) in [4.78, 5) is 15.3. The van der Waals surface area contributed by atoms with E-state index >= 15 is 0 Å². The van der Waals surface area contributed by atoms with Crippen LogP contribution < -0.4 is 15.2 Å². The molecule has 1 atom stereocenters. The standard InChI is InChI=1S/C39H31F3N2O4/c40-39(41,42)34-11-5-10-33-36(29(23-44-37(33)34)20-25-6-2-1-3-7-25)28-8-4-9-32(22-28)48-31-18-16-30(17-19-31)47-24-27-14-12-26(13-15-27)21-35(43)38(45)46/h1-19,22-23,35H,20-21,24,43H2,(H,45,46)/t35-/m0/s1. The summed E-state index contributed by atoms with van der Waals surface area (Å²) in [6, 6.07) is 34.7. The lowest BCUT2D eigenvalue weighted by atomic mass is 9.92. The van der Waals surface area contributed by atoms with Gasteiger partial charge in [0.05, 0.1) is 11.1 Å². The van der Waals surface area contributed by atoms with Crippen LogP contribution in [0, 0.1) is 0 Å². The topological polar surface area (TPSA) is 94.7 Å². The molecule has 0 aliphatic heterocycles. The molecule has 5 aromatic carbocycles. The molecule has 0 bridgehead atoms. The quantitative estimate of drug-likeness (QED) is 0.146. The Balaban J connectivity index is 1.21. The molecule has 3 N–H and O–H groups in total. The molecule has 1 heterocycles. The van der Waals surface area contributed by atoms with Crippen molar-refractivity contribution < 1.29 is 32.5 Å². The molecule has 0 radical (unpaired) electrons.